The quantitative estimate of drug-likeness (QED) is 0.562. The summed E-state index contributed by atoms with van der Waals surface area (Å²) >= 11 is 12.4. The fourth-order valence-corrected chi connectivity index (χ4v) is 5.34. The van der Waals surface area contributed by atoms with Gasteiger partial charge in [-0.3, -0.25) is 4.79 Å². The Morgan fingerprint density at radius 2 is 2.06 bits per heavy atom. The van der Waals surface area contributed by atoms with Crippen molar-refractivity contribution in [3.8, 4) is 0 Å². The van der Waals surface area contributed by atoms with Crippen molar-refractivity contribution in [2.75, 3.05) is 43.0 Å². The summed E-state index contributed by atoms with van der Waals surface area (Å²) in [6, 6.07) is 13.4. The molecule has 0 aliphatic carbocycles. The number of nitrogens with zero attached hydrogens (tertiary/aromatic N) is 2. The molecule has 2 fully saturated rings. The summed E-state index contributed by atoms with van der Waals surface area (Å²) in [7, 11) is 0. The molecular formula is C25H32Cl2N4O2. The molecule has 0 bridgehead atoms. The van der Waals surface area contributed by atoms with Gasteiger partial charge in [-0.2, -0.15) is 0 Å². The van der Waals surface area contributed by atoms with Crippen LogP contribution in [0.4, 0.5) is 11.4 Å². The number of carbonyl (C=O) groups excluding carboxylic acids is 1. The number of piperazine rings is 1. The topological polar surface area (TPSA) is 67.8 Å². The Hall–Kier alpha value is -1.99. The lowest BCUT2D eigenvalue weighted by Crippen LogP contribution is -2.60. The highest BCUT2D eigenvalue weighted by Crippen LogP contribution is 2.30. The first-order valence-electron chi connectivity index (χ1n) is 11.7. The standard InChI is InChI=1S/C25H32Cl2N4O2/c1-17(22-9-8-18(26)13-23(22)27)29-19-5-4-6-20(14-19)30-11-12-31(21(15-30)16-32)25(33)24-7-2-3-10-28-24/h4-6,8-9,13-14,17,21,24,28-29,32H,2-3,7,10-12,15-16H2,1H3/t17?,21-,24+/m0/s1. The molecule has 0 aromatic heterocycles. The van der Waals surface area contributed by atoms with E-state index in [0.717, 1.165) is 49.3 Å². The maximum atomic E-state index is 13.0. The predicted molar refractivity (Wildman–Crippen MR) is 135 cm³/mol. The summed E-state index contributed by atoms with van der Waals surface area (Å²) in [4.78, 5) is 17.1. The van der Waals surface area contributed by atoms with Crippen molar-refractivity contribution >= 4 is 40.5 Å². The number of anilines is 2. The van der Waals surface area contributed by atoms with Crippen LogP contribution in [-0.2, 0) is 4.79 Å². The number of carbonyl (C=O) groups is 1. The molecule has 6 nitrogen and oxygen atoms in total. The summed E-state index contributed by atoms with van der Waals surface area (Å²) in [6.45, 7) is 4.86. The van der Waals surface area contributed by atoms with Crippen molar-refractivity contribution in [3.63, 3.8) is 0 Å². The van der Waals surface area contributed by atoms with E-state index in [1.807, 2.05) is 29.2 Å². The lowest BCUT2D eigenvalue weighted by atomic mass is 10.0. The van der Waals surface area contributed by atoms with Gasteiger partial charge in [-0.25, -0.2) is 0 Å². The third-order valence-corrected chi connectivity index (χ3v) is 7.17. The third-order valence-electron chi connectivity index (χ3n) is 6.61. The Morgan fingerprint density at radius 1 is 1.21 bits per heavy atom. The van der Waals surface area contributed by atoms with Crippen LogP contribution in [0.15, 0.2) is 42.5 Å². The van der Waals surface area contributed by atoms with Crippen LogP contribution in [0.5, 0.6) is 0 Å². The fraction of sp³-hybridized carbons (Fsp3) is 0.480. The molecule has 2 aliphatic rings. The molecule has 2 aromatic carbocycles. The van der Waals surface area contributed by atoms with E-state index >= 15 is 0 Å². The highest BCUT2D eigenvalue weighted by Gasteiger charge is 2.34. The Balaban J connectivity index is 1.42. The normalized spacial score (nSPS) is 22.2. The predicted octanol–water partition coefficient (Wildman–Crippen LogP) is 4.32. The average Bonchev–Trinajstić information content (AvgIpc) is 2.83. The van der Waals surface area contributed by atoms with Gasteiger partial charge in [-0.15, -0.1) is 0 Å². The van der Waals surface area contributed by atoms with E-state index in [1.165, 1.54) is 0 Å². The van der Waals surface area contributed by atoms with Gasteiger partial charge >= 0.3 is 0 Å². The molecule has 3 atom stereocenters. The zero-order chi connectivity index (χ0) is 23.4. The molecule has 0 radical (unpaired) electrons. The minimum Gasteiger partial charge on any atom is -0.394 e. The van der Waals surface area contributed by atoms with Crippen LogP contribution in [0.1, 0.15) is 37.8 Å². The second-order valence-electron chi connectivity index (χ2n) is 8.90. The lowest BCUT2D eigenvalue weighted by molar-refractivity contribution is -0.137. The van der Waals surface area contributed by atoms with Crippen molar-refractivity contribution in [1.82, 2.24) is 10.2 Å². The number of aliphatic hydroxyl groups is 1. The van der Waals surface area contributed by atoms with Gasteiger partial charge in [0, 0.05) is 47.1 Å². The van der Waals surface area contributed by atoms with Crippen molar-refractivity contribution in [2.45, 2.75) is 44.3 Å². The van der Waals surface area contributed by atoms with Crippen molar-refractivity contribution < 1.29 is 9.90 Å². The highest BCUT2D eigenvalue weighted by molar-refractivity contribution is 6.35. The molecular weight excluding hydrogens is 459 g/mol. The van der Waals surface area contributed by atoms with Crippen LogP contribution < -0.4 is 15.5 Å². The smallest absolute Gasteiger partial charge is 0.240 e. The van der Waals surface area contributed by atoms with Crippen LogP contribution in [0.3, 0.4) is 0 Å². The van der Waals surface area contributed by atoms with Gasteiger partial charge in [0.05, 0.1) is 18.7 Å². The molecule has 2 aliphatic heterocycles. The number of hydrogen-bond donors (Lipinski definition) is 3. The van der Waals surface area contributed by atoms with Crippen molar-refractivity contribution in [3.05, 3.63) is 58.1 Å². The second kappa shape index (κ2) is 11.0. The first kappa shape index (κ1) is 24.1. The summed E-state index contributed by atoms with van der Waals surface area (Å²) < 4.78 is 0. The van der Waals surface area contributed by atoms with Gasteiger partial charge in [0.15, 0.2) is 0 Å². The van der Waals surface area contributed by atoms with Crippen LogP contribution >= 0.6 is 23.2 Å². The average molecular weight is 491 g/mol. The number of aliphatic hydroxyl groups excluding tert-OH is 1. The monoisotopic (exact) mass is 490 g/mol. The van der Waals surface area contributed by atoms with Crippen molar-refractivity contribution in [2.24, 2.45) is 0 Å². The van der Waals surface area contributed by atoms with Gasteiger partial charge in [-0.05, 0) is 62.2 Å². The third kappa shape index (κ3) is 5.75. The number of amides is 1. The van der Waals surface area contributed by atoms with Crippen LogP contribution in [0, 0.1) is 0 Å². The maximum Gasteiger partial charge on any atom is 0.240 e. The zero-order valence-electron chi connectivity index (χ0n) is 18.9. The van der Waals surface area contributed by atoms with E-state index < -0.39 is 0 Å². The van der Waals surface area contributed by atoms with E-state index in [0.29, 0.717) is 23.1 Å². The zero-order valence-corrected chi connectivity index (χ0v) is 20.4. The number of piperidine rings is 1. The molecule has 8 heteroatoms. The number of nitrogens with one attached hydrogen (secondary N) is 2. The summed E-state index contributed by atoms with van der Waals surface area (Å²) in [5.74, 6) is 0.123. The number of rotatable bonds is 6. The van der Waals surface area contributed by atoms with Crippen LogP contribution in [0.25, 0.3) is 0 Å². The first-order valence-corrected chi connectivity index (χ1v) is 12.4. The van der Waals surface area contributed by atoms with Gasteiger partial charge < -0.3 is 25.5 Å². The Bertz CT molecular complexity index is 967. The first-order chi connectivity index (χ1) is 16.0. The number of halogens is 2. The summed E-state index contributed by atoms with van der Waals surface area (Å²) in [6.07, 6.45) is 3.07. The van der Waals surface area contributed by atoms with Gasteiger partial charge in [-0.1, -0.05) is 41.8 Å². The summed E-state index contributed by atoms with van der Waals surface area (Å²) in [5.41, 5.74) is 3.03. The molecule has 178 valence electrons. The Labute approximate surface area is 205 Å². The van der Waals surface area contributed by atoms with Gasteiger partial charge in [0.2, 0.25) is 5.91 Å². The number of benzene rings is 2. The molecule has 0 saturated carbocycles. The highest BCUT2D eigenvalue weighted by atomic mass is 35.5. The molecule has 2 aromatic rings. The van der Waals surface area contributed by atoms with E-state index in [-0.39, 0.29) is 30.6 Å². The van der Waals surface area contributed by atoms with E-state index in [4.69, 9.17) is 23.2 Å². The number of hydrogen-bond acceptors (Lipinski definition) is 5. The van der Waals surface area contributed by atoms with E-state index in [1.54, 1.807) is 6.07 Å². The van der Waals surface area contributed by atoms with Crippen LogP contribution in [0.2, 0.25) is 10.0 Å². The lowest BCUT2D eigenvalue weighted by Gasteiger charge is -2.43. The molecule has 33 heavy (non-hydrogen) atoms. The van der Waals surface area contributed by atoms with Gasteiger partial charge in [0.25, 0.3) is 0 Å². The molecule has 2 heterocycles. The molecule has 1 amide bonds. The minimum atomic E-state index is -0.210. The van der Waals surface area contributed by atoms with E-state index in [2.05, 4.69) is 34.6 Å². The Morgan fingerprint density at radius 3 is 2.79 bits per heavy atom. The van der Waals surface area contributed by atoms with E-state index in [9.17, 15) is 9.90 Å². The molecule has 4 rings (SSSR count). The summed E-state index contributed by atoms with van der Waals surface area (Å²) in [5, 5.41) is 18.2. The molecule has 2 saturated heterocycles. The molecule has 3 N–H and O–H groups in total. The molecule has 0 spiro atoms. The fourth-order valence-electron chi connectivity index (χ4n) is 4.77. The maximum absolute atomic E-state index is 13.0. The second-order valence-corrected chi connectivity index (χ2v) is 9.74. The SMILES string of the molecule is CC(Nc1cccc(N2CCN(C(=O)[C@H]3CCCCN3)[C@H](CO)C2)c1)c1ccc(Cl)cc1Cl. The largest absolute Gasteiger partial charge is 0.394 e. The van der Waals surface area contributed by atoms with Crippen LogP contribution in [-0.4, -0.2) is 60.8 Å². The van der Waals surface area contributed by atoms with Gasteiger partial charge in [0.1, 0.15) is 0 Å². The molecule has 1 unspecified atom stereocenters. The van der Waals surface area contributed by atoms with Crippen molar-refractivity contribution in [1.29, 1.82) is 0 Å². The Kier molecular flexibility index (Phi) is 8.02. The minimum absolute atomic E-state index is 0.00710.